The Balaban J connectivity index is 2.57. The number of hydrogen-bond donors (Lipinski definition) is 0. The third-order valence-electron chi connectivity index (χ3n) is 2.09. The van der Waals surface area contributed by atoms with Crippen LogP contribution in [-0.4, -0.2) is 18.4 Å². The van der Waals surface area contributed by atoms with Crippen LogP contribution >= 0.6 is 0 Å². The van der Waals surface area contributed by atoms with Crippen molar-refractivity contribution in [2.45, 2.75) is 4.90 Å². The molecule has 0 spiro atoms. The molecule has 1 aliphatic heterocycles. The Hall–Kier alpha value is -1.89. The molecule has 7 heteroatoms. The summed E-state index contributed by atoms with van der Waals surface area (Å²) in [6.45, 7) is 0. The average Bonchev–Trinajstić information content (AvgIpc) is 2.55. The minimum absolute atomic E-state index is 0.0492. The first-order valence-electron chi connectivity index (χ1n) is 4.10. The zero-order chi connectivity index (χ0) is 10.5. The highest BCUT2D eigenvalue weighted by atomic mass is 32.2. The summed E-state index contributed by atoms with van der Waals surface area (Å²) >= 11 is 0. The van der Waals surface area contributed by atoms with E-state index in [1.54, 1.807) is 12.1 Å². The van der Waals surface area contributed by atoms with Crippen LogP contribution in [0.25, 0.3) is 11.0 Å². The van der Waals surface area contributed by atoms with E-state index in [2.05, 4.69) is 19.6 Å². The number of hydrogen-bond acceptors (Lipinski definition) is 5. The lowest BCUT2D eigenvalue weighted by Crippen LogP contribution is -1.95. The van der Waals surface area contributed by atoms with E-state index in [-0.39, 0.29) is 4.90 Å². The van der Waals surface area contributed by atoms with Gasteiger partial charge in [-0.3, -0.25) is 9.97 Å². The molecule has 1 aromatic carbocycles. The van der Waals surface area contributed by atoms with E-state index in [9.17, 15) is 8.42 Å². The number of nitrogens with zero attached hydrogens (tertiary/aromatic N) is 4. The maximum Gasteiger partial charge on any atom is 0.304 e. The zero-order valence-corrected chi connectivity index (χ0v) is 8.14. The van der Waals surface area contributed by atoms with Gasteiger partial charge in [0.05, 0.1) is 5.52 Å². The summed E-state index contributed by atoms with van der Waals surface area (Å²) in [5, 5.41) is 3.57. The fraction of sp³-hybridized carbons (Fsp3) is 0. The van der Waals surface area contributed by atoms with Gasteiger partial charge in [-0.15, -0.1) is 5.11 Å². The predicted molar refractivity (Wildman–Crippen MR) is 51.2 cm³/mol. The van der Waals surface area contributed by atoms with Gasteiger partial charge in [0, 0.05) is 12.4 Å². The van der Waals surface area contributed by atoms with Crippen LogP contribution in [-0.2, 0) is 10.0 Å². The second-order valence-electron chi connectivity index (χ2n) is 2.99. The Morgan fingerprint density at radius 1 is 1.07 bits per heavy atom. The molecule has 15 heavy (non-hydrogen) atoms. The molecule has 74 valence electrons. The summed E-state index contributed by atoms with van der Waals surface area (Å²) < 4.78 is 26.3. The highest BCUT2D eigenvalue weighted by Gasteiger charge is 2.27. The zero-order valence-electron chi connectivity index (χ0n) is 7.32. The van der Waals surface area contributed by atoms with Gasteiger partial charge >= 0.3 is 10.0 Å². The van der Waals surface area contributed by atoms with Crippen LogP contribution in [0, 0.1) is 0 Å². The van der Waals surface area contributed by atoms with Gasteiger partial charge < -0.3 is 0 Å². The fourth-order valence-corrected chi connectivity index (χ4v) is 2.52. The summed E-state index contributed by atoms with van der Waals surface area (Å²) in [5.74, 6) is 0. The van der Waals surface area contributed by atoms with Crippen LogP contribution in [0.15, 0.2) is 39.1 Å². The molecule has 0 aliphatic carbocycles. The first-order chi connectivity index (χ1) is 7.18. The Morgan fingerprint density at radius 3 is 2.73 bits per heavy atom. The molecule has 0 saturated carbocycles. The van der Waals surface area contributed by atoms with E-state index < -0.39 is 10.0 Å². The van der Waals surface area contributed by atoms with Crippen LogP contribution in [0.5, 0.6) is 0 Å². The third-order valence-corrected chi connectivity index (χ3v) is 3.30. The van der Waals surface area contributed by atoms with Gasteiger partial charge in [0.15, 0.2) is 0 Å². The van der Waals surface area contributed by atoms with Crippen molar-refractivity contribution in [3.8, 4) is 0 Å². The maximum atomic E-state index is 11.5. The smallest absolute Gasteiger partial charge is 0.253 e. The first-order valence-corrected chi connectivity index (χ1v) is 5.54. The molecule has 2 heterocycles. The Morgan fingerprint density at radius 2 is 1.87 bits per heavy atom. The lowest BCUT2D eigenvalue weighted by molar-refractivity contribution is 0.599. The Bertz CT molecular complexity index is 693. The van der Waals surface area contributed by atoms with Gasteiger partial charge in [-0.1, -0.05) is 4.52 Å². The SMILES string of the molecule is O=S1(=O)N=Nc2ccc3nccnc3c21. The minimum atomic E-state index is -3.68. The molecule has 1 aromatic heterocycles. The number of sulfonamides is 1. The van der Waals surface area contributed by atoms with Gasteiger partial charge in [-0.25, -0.2) is 0 Å². The van der Waals surface area contributed by atoms with Crippen LogP contribution in [0.3, 0.4) is 0 Å². The van der Waals surface area contributed by atoms with E-state index in [0.717, 1.165) is 0 Å². The van der Waals surface area contributed by atoms with E-state index in [4.69, 9.17) is 0 Å². The van der Waals surface area contributed by atoms with E-state index >= 15 is 0 Å². The number of benzene rings is 1. The summed E-state index contributed by atoms with van der Waals surface area (Å²) in [4.78, 5) is 8.05. The van der Waals surface area contributed by atoms with E-state index in [1.165, 1.54) is 12.4 Å². The molecular formula is C8H4N4O2S. The topological polar surface area (TPSA) is 84.6 Å². The molecule has 1 aliphatic rings. The normalized spacial score (nSPS) is 16.8. The molecule has 0 N–H and O–H groups in total. The third kappa shape index (κ3) is 1.06. The average molecular weight is 220 g/mol. The molecule has 0 fully saturated rings. The molecule has 0 atom stereocenters. The van der Waals surface area contributed by atoms with Crippen molar-refractivity contribution in [3.63, 3.8) is 0 Å². The van der Waals surface area contributed by atoms with Gasteiger partial charge in [-0.05, 0) is 12.1 Å². The van der Waals surface area contributed by atoms with Crippen molar-refractivity contribution in [3.05, 3.63) is 24.5 Å². The largest absolute Gasteiger partial charge is 0.304 e. The molecule has 2 aromatic rings. The standard InChI is InChI=1S/C8H4N4O2S/c13-15(14)8-6(11-12-15)2-1-5-7(8)10-4-3-9-5/h1-4H. The highest BCUT2D eigenvalue weighted by molar-refractivity contribution is 7.90. The van der Waals surface area contributed by atoms with Gasteiger partial charge in [0.2, 0.25) is 0 Å². The van der Waals surface area contributed by atoms with Crippen LogP contribution in [0.2, 0.25) is 0 Å². The lowest BCUT2D eigenvalue weighted by Gasteiger charge is -1.99. The van der Waals surface area contributed by atoms with Crippen LogP contribution < -0.4 is 0 Å². The van der Waals surface area contributed by atoms with Crippen molar-refractivity contribution >= 4 is 26.7 Å². The minimum Gasteiger partial charge on any atom is -0.253 e. The fourth-order valence-electron chi connectivity index (χ4n) is 1.47. The monoisotopic (exact) mass is 220 g/mol. The van der Waals surface area contributed by atoms with Crippen molar-refractivity contribution in [2.75, 3.05) is 0 Å². The second kappa shape index (κ2) is 2.57. The molecule has 3 rings (SSSR count). The number of aromatic nitrogens is 2. The van der Waals surface area contributed by atoms with Crippen molar-refractivity contribution < 1.29 is 8.42 Å². The quantitative estimate of drug-likeness (QED) is 0.671. The summed E-state index contributed by atoms with van der Waals surface area (Å²) in [7, 11) is -3.68. The van der Waals surface area contributed by atoms with E-state index in [0.29, 0.717) is 16.7 Å². The predicted octanol–water partition coefficient (Wildman–Crippen LogP) is 1.42. The van der Waals surface area contributed by atoms with Gasteiger partial charge in [0.25, 0.3) is 0 Å². The molecular weight excluding hydrogens is 216 g/mol. The van der Waals surface area contributed by atoms with Crippen LogP contribution in [0.1, 0.15) is 0 Å². The summed E-state index contributed by atoms with van der Waals surface area (Å²) in [5.41, 5.74) is 1.16. The first kappa shape index (κ1) is 8.42. The summed E-state index contributed by atoms with van der Waals surface area (Å²) in [6.07, 6.45) is 2.95. The van der Waals surface area contributed by atoms with Gasteiger partial charge in [-0.2, -0.15) is 8.42 Å². The molecule has 0 radical (unpaired) electrons. The number of rotatable bonds is 0. The van der Waals surface area contributed by atoms with Crippen molar-refractivity contribution in [2.24, 2.45) is 9.63 Å². The molecule has 6 nitrogen and oxygen atoms in total. The second-order valence-corrected chi connectivity index (χ2v) is 4.52. The lowest BCUT2D eigenvalue weighted by atomic mass is 10.2. The number of fused-ring (bicyclic) bond motifs is 3. The Kier molecular flexibility index (Phi) is 1.44. The van der Waals surface area contributed by atoms with Crippen LogP contribution in [0.4, 0.5) is 5.69 Å². The molecule has 0 unspecified atom stereocenters. The van der Waals surface area contributed by atoms with Gasteiger partial charge in [0.1, 0.15) is 16.1 Å². The molecule has 0 amide bonds. The molecule has 0 bridgehead atoms. The molecule has 0 saturated heterocycles. The van der Waals surface area contributed by atoms with E-state index in [1.807, 2.05) is 0 Å². The maximum absolute atomic E-state index is 11.5. The Labute approximate surface area is 84.8 Å². The van der Waals surface area contributed by atoms with Crippen molar-refractivity contribution in [1.29, 1.82) is 0 Å². The highest BCUT2D eigenvalue weighted by Crippen LogP contribution is 2.36. The van der Waals surface area contributed by atoms with Crippen molar-refractivity contribution in [1.82, 2.24) is 9.97 Å². The summed E-state index contributed by atoms with van der Waals surface area (Å²) in [6, 6.07) is 3.24.